The van der Waals surface area contributed by atoms with E-state index in [2.05, 4.69) is 59.8 Å². The highest BCUT2D eigenvalue weighted by Crippen LogP contribution is 2.07. The quantitative estimate of drug-likeness (QED) is 0.257. The summed E-state index contributed by atoms with van der Waals surface area (Å²) in [4.78, 5) is 9.66. The van der Waals surface area contributed by atoms with Gasteiger partial charge in [-0.1, -0.05) is 23.5 Å². The van der Waals surface area contributed by atoms with Gasteiger partial charge in [0.2, 0.25) is 9.90 Å². The van der Waals surface area contributed by atoms with E-state index < -0.39 is 0 Å². The Morgan fingerprint density at radius 3 is 2.00 bits per heavy atom. The molecule has 0 unspecified atom stereocenters. The van der Waals surface area contributed by atoms with E-state index in [0.29, 0.717) is 18.6 Å². The lowest BCUT2D eigenvalue weighted by Gasteiger charge is -1.82. The summed E-state index contributed by atoms with van der Waals surface area (Å²) in [5.74, 6) is 0. The van der Waals surface area contributed by atoms with Gasteiger partial charge in [-0.3, -0.25) is 15.3 Å². The van der Waals surface area contributed by atoms with Crippen molar-refractivity contribution < 1.29 is 0 Å². The van der Waals surface area contributed by atoms with E-state index in [4.69, 9.17) is 18.0 Å². The molecular weight excluding hydrogens is 372 g/mol. The van der Waals surface area contributed by atoms with Crippen LogP contribution in [0.3, 0.4) is 0 Å². The highest BCUT2D eigenvalue weighted by molar-refractivity contribution is 7.73. The average molecular weight is 385 g/mol. The molecule has 120 valence electrons. The molecule has 0 aliphatic rings. The van der Waals surface area contributed by atoms with E-state index in [1.807, 2.05) is 24.3 Å². The van der Waals surface area contributed by atoms with Crippen LogP contribution in [-0.4, -0.2) is 35.3 Å². The summed E-state index contributed by atoms with van der Waals surface area (Å²) in [6.07, 6.45) is 1.50. The molecule has 0 amide bonds. The zero-order chi connectivity index (χ0) is 16.7. The predicted octanol–water partition coefficient (Wildman–Crippen LogP) is 3.48. The number of imidazole rings is 1. The monoisotopic (exact) mass is 384 g/mol. The Labute approximate surface area is 149 Å². The first-order valence-electron chi connectivity index (χ1n) is 6.10. The van der Waals surface area contributed by atoms with E-state index in [1.165, 1.54) is 17.7 Å². The zero-order valence-electron chi connectivity index (χ0n) is 11.5. The maximum atomic E-state index is 5.19. The molecule has 3 heterocycles. The average Bonchev–Trinajstić information content (AvgIpc) is 3.22. The summed E-state index contributed by atoms with van der Waals surface area (Å²) in [5, 5.41) is 11.8. The van der Waals surface area contributed by atoms with Gasteiger partial charge < -0.3 is 15.7 Å². The Balaban J connectivity index is 0.000000131. The molecule has 12 heteroatoms. The molecule has 23 heavy (non-hydrogen) atoms. The molecule has 8 nitrogen and oxygen atoms in total. The van der Waals surface area contributed by atoms with Crippen LogP contribution in [0.5, 0.6) is 0 Å². The van der Waals surface area contributed by atoms with Gasteiger partial charge in [-0.2, -0.15) is 0 Å². The van der Waals surface area contributed by atoms with Gasteiger partial charge in [0.25, 0.3) is 0 Å². The van der Waals surface area contributed by atoms with Crippen molar-refractivity contribution in [2.45, 2.75) is 0 Å². The molecule has 0 fully saturated rings. The van der Waals surface area contributed by atoms with Gasteiger partial charge in [0.1, 0.15) is 6.33 Å². The molecule has 0 spiro atoms. The molecule has 0 bridgehead atoms. The number of aromatic amines is 5. The van der Waals surface area contributed by atoms with Crippen LogP contribution in [-0.2, 0) is 0 Å². The molecule has 0 saturated heterocycles. The third-order valence-electron chi connectivity index (χ3n) is 2.30. The van der Waals surface area contributed by atoms with Gasteiger partial charge in [-0.05, 0) is 48.8 Å². The first-order valence-corrected chi connectivity index (χ1v) is 8.15. The smallest absolute Gasteiger partial charge is 0.213 e. The van der Waals surface area contributed by atoms with Crippen molar-refractivity contribution in [3.05, 3.63) is 44.1 Å². The lowest BCUT2D eigenvalue weighted by atomic mass is 10.3. The van der Waals surface area contributed by atoms with Crippen molar-refractivity contribution in [3.63, 3.8) is 0 Å². The number of H-pyrrole nitrogens is 5. The number of rotatable bonds is 0. The van der Waals surface area contributed by atoms with E-state index in [-0.39, 0.29) is 0 Å². The number of hydrogen-bond donors (Lipinski definition) is 6. The minimum Gasteiger partial charge on any atom is -0.374 e. The summed E-state index contributed by atoms with van der Waals surface area (Å²) in [5.41, 5.74) is 7.31. The van der Waals surface area contributed by atoms with Crippen molar-refractivity contribution in [2.75, 3.05) is 5.73 Å². The summed E-state index contributed by atoms with van der Waals surface area (Å²) >= 11 is 15.4. The SMILES string of the molecule is Nc1n[nH]c(=S)s1.S=c1[nH]c2ccccc2[nH]1.S=c1nc[nH][nH]1. The Bertz CT molecular complexity index is 963. The van der Waals surface area contributed by atoms with Crippen LogP contribution in [0.15, 0.2) is 30.6 Å². The van der Waals surface area contributed by atoms with Gasteiger partial charge in [0.15, 0.2) is 8.73 Å². The Morgan fingerprint density at radius 2 is 1.70 bits per heavy atom. The van der Waals surface area contributed by atoms with Crippen molar-refractivity contribution >= 4 is 64.2 Å². The van der Waals surface area contributed by atoms with E-state index in [9.17, 15) is 0 Å². The largest absolute Gasteiger partial charge is 0.374 e. The number of nitrogen functional groups attached to an aromatic ring is 1. The maximum absolute atomic E-state index is 5.19. The first-order chi connectivity index (χ1) is 11.0. The van der Waals surface area contributed by atoms with Gasteiger partial charge in [-0.15, -0.1) is 5.10 Å². The number of aromatic nitrogens is 7. The third kappa shape index (κ3) is 5.86. The second kappa shape index (κ2) is 8.47. The predicted molar refractivity (Wildman–Crippen MR) is 99.0 cm³/mol. The number of nitrogens with one attached hydrogen (secondary N) is 5. The topological polar surface area (TPSA) is 131 Å². The second-order valence-electron chi connectivity index (χ2n) is 3.91. The standard InChI is InChI=1S/C7H6N2S.C2H3N3S2.C2H3N3S/c10-7-8-5-3-1-2-4-6(5)9-7;3-1-4-5-2(6)7-1;6-2-3-1-4-5-2/h1-4H,(H2,8,9,10);(H2,3,4)(H,5,6);1H,(H2,3,4,5,6). The highest BCUT2D eigenvalue weighted by Gasteiger charge is 1.90. The van der Waals surface area contributed by atoms with Gasteiger partial charge in [-0.25, -0.2) is 4.98 Å². The number of fused-ring (bicyclic) bond motifs is 1. The number of hydrogen-bond acceptors (Lipinski definition) is 7. The Kier molecular flexibility index (Phi) is 6.34. The summed E-state index contributed by atoms with van der Waals surface area (Å²) in [6.45, 7) is 0. The molecule has 4 rings (SSSR count). The molecule has 0 saturated carbocycles. The fourth-order valence-electron chi connectivity index (χ4n) is 1.44. The lowest BCUT2D eigenvalue weighted by Crippen LogP contribution is -1.79. The van der Waals surface area contributed by atoms with Crippen LogP contribution in [0.2, 0.25) is 0 Å². The fourth-order valence-corrected chi connectivity index (χ4v) is 2.44. The van der Waals surface area contributed by atoms with Crippen LogP contribution in [0, 0.1) is 13.5 Å². The van der Waals surface area contributed by atoms with Crippen LogP contribution in [0.25, 0.3) is 11.0 Å². The molecule has 3 aromatic heterocycles. The molecule has 0 aliphatic carbocycles. The van der Waals surface area contributed by atoms with E-state index >= 15 is 0 Å². The Hall–Kier alpha value is -2.15. The van der Waals surface area contributed by atoms with Crippen molar-refractivity contribution in [1.82, 2.24) is 35.3 Å². The van der Waals surface area contributed by atoms with Crippen LogP contribution >= 0.6 is 48.0 Å². The summed E-state index contributed by atoms with van der Waals surface area (Å²) in [7, 11) is 0. The summed E-state index contributed by atoms with van der Waals surface area (Å²) < 4.78 is 1.80. The zero-order valence-corrected chi connectivity index (χ0v) is 14.8. The first kappa shape index (κ1) is 17.2. The molecule has 1 aromatic carbocycles. The molecule has 4 aromatic rings. The normalized spacial score (nSPS) is 9.57. The minimum atomic E-state index is 0.491. The van der Waals surface area contributed by atoms with Gasteiger partial charge in [0, 0.05) is 0 Å². The molecular formula is C11H12N8S4. The fraction of sp³-hybridized carbons (Fsp3) is 0. The van der Waals surface area contributed by atoms with Gasteiger partial charge in [0.05, 0.1) is 11.0 Å². The number of benzene rings is 1. The highest BCUT2D eigenvalue weighted by atomic mass is 32.1. The number of anilines is 1. The minimum absolute atomic E-state index is 0.491. The Morgan fingerprint density at radius 1 is 1.04 bits per heavy atom. The molecule has 0 radical (unpaired) electrons. The number of nitrogens with two attached hydrogens (primary N) is 1. The van der Waals surface area contributed by atoms with Crippen LogP contribution < -0.4 is 5.73 Å². The van der Waals surface area contributed by atoms with Crippen LogP contribution in [0.1, 0.15) is 0 Å². The maximum Gasteiger partial charge on any atom is 0.213 e. The number of para-hydroxylation sites is 2. The third-order valence-corrected chi connectivity index (χ3v) is 3.63. The van der Waals surface area contributed by atoms with Crippen molar-refractivity contribution in [3.8, 4) is 0 Å². The second-order valence-corrected chi connectivity index (χ2v) is 6.40. The number of nitrogens with zero attached hydrogens (tertiary/aromatic N) is 2. The lowest BCUT2D eigenvalue weighted by molar-refractivity contribution is 1.08. The van der Waals surface area contributed by atoms with Crippen molar-refractivity contribution in [1.29, 1.82) is 0 Å². The molecule has 0 aliphatic heterocycles. The summed E-state index contributed by atoms with van der Waals surface area (Å²) in [6, 6.07) is 7.92. The molecule has 0 atom stereocenters. The van der Waals surface area contributed by atoms with Crippen LogP contribution in [0.4, 0.5) is 5.13 Å². The van der Waals surface area contributed by atoms with Gasteiger partial charge >= 0.3 is 0 Å². The van der Waals surface area contributed by atoms with Crippen molar-refractivity contribution in [2.24, 2.45) is 0 Å². The van der Waals surface area contributed by atoms with E-state index in [0.717, 1.165) is 11.0 Å². The molecule has 7 N–H and O–H groups in total. The van der Waals surface area contributed by atoms with E-state index in [1.54, 1.807) is 0 Å².